The molecule has 0 aromatic heterocycles. The molecule has 0 N–H and O–H groups in total. The number of likely N-dealkylation sites (tertiary alicyclic amines) is 1. The molecule has 1 aromatic rings. The molecule has 1 aromatic carbocycles. The highest BCUT2D eigenvalue weighted by Gasteiger charge is 2.46. The number of carbonyl (C=O) groups is 2. The predicted molar refractivity (Wildman–Crippen MR) is 102 cm³/mol. The maximum atomic E-state index is 13.9. The number of allylic oxidation sites excluding steroid dienone is 2. The van der Waals surface area contributed by atoms with E-state index in [-0.39, 0.29) is 23.7 Å². The lowest BCUT2D eigenvalue weighted by Gasteiger charge is -2.36. The Morgan fingerprint density at radius 3 is 2.14 bits per heavy atom. The molecule has 0 spiro atoms. The molecule has 2 saturated heterocycles. The van der Waals surface area contributed by atoms with Crippen molar-refractivity contribution in [3.8, 4) is 0 Å². The van der Waals surface area contributed by atoms with E-state index in [1.807, 2.05) is 17.1 Å². The van der Waals surface area contributed by atoms with Crippen LogP contribution in [0.1, 0.15) is 19.3 Å². The van der Waals surface area contributed by atoms with Crippen LogP contribution in [0.15, 0.2) is 30.4 Å². The topological polar surface area (TPSA) is 43.9 Å². The number of carbonyl (C=O) groups excluding carboxylic acids is 2. The summed E-state index contributed by atoms with van der Waals surface area (Å²) in [6, 6.07) is 3.68. The number of imide groups is 1. The van der Waals surface area contributed by atoms with Crippen LogP contribution >= 0.6 is 0 Å². The smallest absolute Gasteiger partial charge is 0.233 e. The van der Waals surface area contributed by atoms with Crippen LogP contribution in [0.5, 0.6) is 0 Å². The summed E-state index contributed by atoms with van der Waals surface area (Å²) in [5.41, 5.74) is 0.436. The molecule has 5 nitrogen and oxygen atoms in total. The van der Waals surface area contributed by atoms with Crippen LogP contribution in [0.25, 0.3) is 0 Å². The summed E-state index contributed by atoms with van der Waals surface area (Å²) in [7, 11) is 0. The SMILES string of the molecule is O=C1C2CC=CCC2C(=O)N1CCCN1CCN(c2ccc(F)cc2F)CC1. The Labute approximate surface area is 163 Å². The molecule has 0 bridgehead atoms. The van der Waals surface area contributed by atoms with E-state index in [0.717, 1.165) is 32.1 Å². The normalized spacial score (nSPS) is 25.5. The second-order valence-electron chi connectivity index (χ2n) is 7.76. The summed E-state index contributed by atoms with van der Waals surface area (Å²) < 4.78 is 27.0. The van der Waals surface area contributed by atoms with Gasteiger partial charge >= 0.3 is 0 Å². The zero-order valence-electron chi connectivity index (χ0n) is 15.8. The van der Waals surface area contributed by atoms with Gasteiger partial charge in [0.1, 0.15) is 11.6 Å². The standard InChI is InChI=1S/C21H25F2N3O2/c22-15-6-7-19(18(23)14-15)25-12-10-24(11-13-25)8-3-9-26-20(27)16-4-1-2-5-17(16)21(26)28/h1-2,6-7,14,16-17H,3-5,8-13H2. The van der Waals surface area contributed by atoms with Gasteiger partial charge in [0.2, 0.25) is 11.8 Å². The van der Waals surface area contributed by atoms with E-state index in [1.54, 1.807) is 0 Å². The second-order valence-corrected chi connectivity index (χ2v) is 7.76. The molecule has 3 aliphatic rings. The largest absolute Gasteiger partial charge is 0.367 e. The first-order chi connectivity index (χ1) is 13.5. The average Bonchev–Trinajstić information content (AvgIpc) is 2.94. The molecule has 2 aliphatic heterocycles. The van der Waals surface area contributed by atoms with Crippen LogP contribution in [0.2, 0.25) is 0 Å². The fourth-order valence-electron chi connectivity index (χ4n) is 4.49. The Morgan fingerprint density at radius 1 is 0.893 bits per heavy atom. The summed E-state index contributed by atoms with van der Waals surface area (Å²) >= 11 is 0. The first kappa shape index (κ1) is 19.1. The highest BCUT2D eigenvalue weighted by Crippen LogP contribution is 2.35. The first-order valence-electron chi connectivity index (χ1n) is 9.97. The van der Waals surface area contributed by atoms with Crippen LogP contribution < -0.4 is 4.90 Å². The lowest BCUT2D eigenvalue weighted by Crippen LogP contribution is -2.47. The summed E-state index contributed by atoms with van der Waals surface area (Å²) in [5.74, 6) is -1.46. The third-order valence-electron chi connectivity index (χ3n) is 6.08. The fourth-order valence-corrected chi connectivity index (χ4v) is 4.49. The van der Waals surface area contributed by atoms with Gasteiger partial charge in [-0.05, 0) is 37.9 Å². The molecule has 2 unspecified atom stereocenters. The van der Waals surface area contributed by atoms with Gasteiger partial charge in [-0.3, -0.25) is 19.4 Å². The maximum absolute atomic E-state index is 13.9. The van der Waals surface area contributed by atoms with E-state index >= 15 is 0 Å². The predicted octanol–water partition coefficient (Wildman–Crippen LogP) is 2.43. The first-order valence-corrected chi connectivity index (χ1v) is 9.97. The molecular weight excluding hydrogens is 364 g/mol. The van der Waals surface area contributed by atoms with Crippen LogP contribution in [0.3, 0.4) is 0 Å². The van der Waals surface area contributed by atoms with E-state index in [0.29, 0.717) is 38.2 Å². The molecule has 150 valence electrons. The van der Waals surface area contributed by atoms with Crippen molar-refractivity contribution < 1.29 is 18.4 Å². The Balaban J connectivity index is 1.24. The van der Waals surface area contributed by atoms with Crippen molar-refractivity contribution in [2.45, 2.75) is 19.3 Å². The molecule has 2 atom stereocenters. The van der Waals surface area contributed by atoms with Gasteiger partial charge in [0.05, 0.1) is 17.5 Å². The number of rotatable bonds is 5. The minimum atomic E-state index is -0.568. The van der Waals surface area contributed by atoms with E-state index in [1.165, 1.54) is 17.0 Å². The van der Waals surface area contributed by atoms with Crippen molar-refractivity contribution in [2.24, 2.45) is 11.8 Å². The van der Waals surface area contributed by atoms with Gasteiger partial charge in [0.25, 0.3) is 0 Å². The average molecular weight is 389 g/mol. The van der Waals surface area contributed by atoms with Crippen LogP contribution in [0, 0.1) is 23.5 Å². The molecule has 2 fully saturated rings. The molecule has 0 saturated carbocycles. The summed E-state index contributed by atoms with van der Waals surface area (Å²) in [4.78, 5) is 30.6. The number of amides is 2. The van der Waals surface area contributed by atoms with Crippen LogP contribution in [-0.2, 0) is 9.59 Å². The lowest BCUT2D eigenvalue weighted by atomic mass is 9.85. The van der Waals surface area contributed by atoms with Crippen molar-refractivity contribution in [1.82, 2.24) is 9.80 Å². The maximum Gasteiger partial charge on any atom is 0.233 e. The molecule has 1 aliphatic carbocycles. The Hall–Kier alpha value is -2.28. The van der Waals surface area contributed by atoms with Gasteiger partial charge in [-0.2, -0.15) is 0 Å². The van der Waals surface area contributed by atoms with Crippen molar-refractivity contribution in [3.05, 3.63) is 42.0 Å². The number of piperazine rings is 1. The summed E-state index contributed by atoms with van der Waals surface area (Å²) in [5, 5.41) is 0. The van der Waals surface area contributed by atoms with Crippen molar-refractivity contribution in [3.63, 3.8) is 0 Å². The molecule has 28 heavy (non-hydrogen) atoms. The van der Waals surface area contributed by atoms with Gasteiger partial charge in [-0.15, -0.1) is 0 Å². The Morgan fingerprint density at radius 2 is 1.54 bits per heavy atom. The minimum absolute atomic E-state index is 0.0176. The number of hydrogen-bond acceptors (Lipinski definition) is 4. The number of halogens is 2. The van der Waals surface area contributed by atoms with Gasteiger partial charge < -0.3 is 4.90 Å². The summed E-state index contributed by atoms with van der Waals surface area (Å²) in [6.45, 7) is 4.14. The summed E-state index contributed by atoms with van der Waals surface area (Å²) in [6.07, 6.45) is 6.09. The fraction of sp³-hybridized carbons (Fsp3) is 0.524. The zero-order valence-corrected chi connectivity index (χ0v) is 15.8. The molecule has 7 heteroatoms. The van der Waals surface area contributed by atoms with Gasteiger partial charge in [-0.1, -0.05) is 12.2 Å². The number of benzene rings is 1. The highest BCUT2D eigenvalue weighted by atomic mass is 19.1. The van der Waals surface area contributed by atoms with E-state index in [2.05, 4.69) is 4.90 Å². The van der Waals surface area contributed by atoms with E-state index < -0.39 is 11.6 Å². The zero-order chi connectivity index (χ0) is 19.7. The Bertz CT molecular complexity index is 764. The van der Waals surface area contributed by atoms with Gasteiger partial charge in [0.15, 0.2) is 0 Å². The molecular formula is C21H25F2N3O2. The molecule has 2 amide bonds. The van der Waals surface area contributed by atoms with Gasteiger partial charge in [-0.25, -0.2) is 8.78 Å². The van der Waals surface area contributed by atoms with Crippen molar-refractivity contribution in [1.29, 1.82) is 0 Å². The number of nitrogens with zero attached hydrogens (tertiary/aromatic N) is 3. The second kappa shape index (κ2) is 7.99. The van der Waals surface area contributed by atoms with E-state index in [4.69, 9.17) is 0 Å². The van der Waals surface area contributed by atoms with Crippen molar-refractivity contribution in [2.75, 3.05) is 44.2 Å². The minimum Gasteiger partial charge on any atom is -0.367 e. The highest BCUT2D eigenvalue weighted by molar-refractivity contribution is 6.05. The molecule has 2 heterocycles. The van der Waals surface area contributed by atoms with Crippen LogP contribution in [-0.4, -0.2) is 60.9 Å². The van der Waals surface area contributed by atoms with Gasteiger partial charge in [0, 0.05) is 38.8 Å². The lowest BCUT2D eigenvalue weighted by molar-refractivity contribution is -0.140. The number of fused-ring (bicyclic) bond motifs is 1. The van der Waals surface area contributed by atoms with Crippen LogP contribution in [0.4, 0.5) is 14.5 Å². The monoisotopic (exact) mass is 389 g/mol. The molecule has 4 rings (SSSR count). The van der Waals surface area contributed by atoms with E-state index in [9.17, 15) is 18.4 Å². The van der Waals surface area contributed by atoms with Crippen molar-refractivity contribution >= 4 is 17.5 Å². The number of anilines is 1. The Kier molecular flexibility index (Phi) is 5.44. The molecule has 0 radical (unpaired) electrons. The third kappa shape index (κ3) is 3.68. The third-order valence-corrected chi connectivity index (χ3v) is 6.08. The number of hydrogen-bond donors (Lipinski definition) is 0. The quantitative estimate of drug-likeness (QED) is 0.573.